The maximum atomic E-state index is 11.8. The average Bonchev–Trinajstić information content (AvgIpc) is 1.92. The molecular formula is C8H9BrIOP. The van der Waals surface area contributed by atoms with Crippen molar-refractivity contribution in [2.45, 2.75) is 0 Å². The highest BCUT2D eigenvalue weighted by Gasteiger charge is 2.14. The lowest BCUT2D eigenvalue weighted by atomic mass is 10.4. The third kappa shape index (κ3) is 2.57. The fourth-order valence-electron chi connectivity index (χ4n) is 0.898. The molecule has 0 aliphatic carbocycles. The predicted molar refractivity (Wildman–Crippen MR) is 65.9 cm³/mol. The lowest BCUT2D eigenvalue weighted by molar-refractivity contribution is 0.588. The van der Waals surface area contributed by atoms with E-state index in [4.69, 9.17) is 0 Å². The van der Waals surface area contributed by atoms with Gasteiger partial charge in [-0.05, 0) is 54.1 Å². The monoisotopic (exact) mass is 358 g/mol. The van der Waals surface area contributed by atoms with E-state index in [0.29, 0.717) is 0 Å². The second kappa shape index (κ2) is 3.81. The molecule has 1 nitrogen and oxygen atoms in total. The first-order chi connectivity index (χ1) is 5.41. The minimum absolute atomic E-state index is 0.956. The van der Waals surface area contributed by atoms with Crippen molar-refractivity contribution in [3.63, 3.8) is 0 Å². The van der Waals surface area contributed by atoms with E-state index in [1.54, 1.807) is 13.3 Å². The molecule has 0 heterocycles. The summed E-state index contributed by atoms with van der Waals surface area (Å²) in [6, 6.07) is 5.86. The minimum atomic E-state index is -2.12. The van der Waals surface area contributed by atoms with Crippen molar-refractivity contribution in [2.24, 2.45) is 0 Å². The minimum Gasteiger partial charge on any atom is -0.319 e. The first-order valence-corrected chi connectivity index (χ1v) is 7.89. The van der Waals surface area contributed by atoms with E-state index in [0.717, 1.165) is 13.3 Å². The molecule has 0 atom stereocenters. The van der Waals surface area contributed by atoms with E-state index < -0.39 is 7.14 Å². The molecule has 0 aliphatic rings. The quantitative estimate of drug-likeness (QED) is 0.556. The molecule has 0 aromatic heterocycles. The van der Waals surface area contributed by atoms with Gasteiger partial charge in [-0.15, -0.1) is 0 Å². The van der Waals surface area contributed by atoms with Gasteiger partial charge in [-0.2, -0.15) is 0 Å². The molecule has 0 fully saturated rings. The van der Waals surface area contributed by atoms with Crippen molar-refractivity contribution < 1.29 is 4.57 Å². The van der Waals surface area contributed by atoms with Crippen LogP contribution in [0, 0.1) is 3.57 Å². The van der Waals surface area contributed by atoms with Crippen molar-refractivity contribution >= 4 is 51.0 Å². The normalized spacial score (nSPS) is 11.7. The molecule has 0 radical (unpaired) electrons. The molecule has 12 heavy (non-hydrogen) atoms. The Balaban J connectivity index is 3.33. The van der Waals surface area contributed by atoms with Crippen molar-refractivity contribution in [1.82, 2.24) is 0 Å². The van der Waals surface area contributed by atoms with Crippen molar-refractivity contribution in [3.05, 3.63) is 26.2 Å². The van der Waals surface area contributed by atoms with E-state index in [2.05, 4.69) is 38.5 Å². The van der Waals surface area contributed by atoms with Crippen LogP contribution >= 0.6 is 45.7 Å². The Labute approximate surface area is 94.6 Å². The molecule has 0 amide bonds. The summed E-state index contributed by atoms with van der Waals surface area (Å²) in [6.45, 7) is 3.58. The van der Waals surface area contributed by atoms with E-state index >= 15 is 0 Å². The smallest absolute Gasteiger partial charge is 0.110 e. The van der Waals surface area contributed by atoms with Crippen LogP contribution < -0.4 is 5.30 Å². The molecule has 0 spiro atoms. The first kappa shape index (κ1) is 10.7. The van der Waals surface area contributed by atoms with Gasteiger partial charge in [0.05, 0.1) is 0 Å². The molecule has 1 rings (SSSR count). The maximum absolute atomic E-state index is 11.8. The van der Waals surface area contributed by atoms with Crippen LogP contribution in [0.5, 0.6) is 0 Å². The third-order valence-corrected chi connectivity index (χ3v) is 4.88. The maximum Gasteiger partial charge on any atom is 0.110 e. The molecule has 4 heteroatoms. The SMILES string of the molecule is CP(C)(=O)c1cc(Br)ccc1I. The highest BCUT2D eigenvalue weighted by Crippen LogP contribution is 2.37. The largest absolute Gasteiger partial charge is 0.319 e. The Morgan fingerprint density at radius 1 is 1.42 bits per heavy atom. The number of hydrogen-bond acceptors (Lipinski definition) is 1. The van der Waals surface area contributed by atoms with Crippen LogP contribution in [0.1, 0.15) is 0 Å². The zero-order valence-corrected chi connectivity index (χ0v) is 11.5. The zero-order chi connectivity index (χ0) is 9.35. The predicted octanol–water partition coefficient (Wildman–Crippen LogP) is 3.30. The van der Waals surface area contributed by atoms with Crippen LogP contribution in [-0.4, -0.2) is 13.3 Å². The van der Waals surface area contributed by atoms with Crippen LogP contribution in [-0.2, 0) is 4.57 Å². The average molecular weight is 359 g/mol. The molecule has 0 bridgehead atoms. The van der Waals surface area contributed by atoms with Crippen LogP contribution in [0.25, 0.3) is 0 Å². The van der Waals surface area contributed by atoms with Crippen LogP contribution in [0.3, 0.4) is 0 Å². The van der Waals surface area contributed by atoms with Crippen LogP contribution in [0.4, 0.5) is 0 Å². The van der Waals surface area contributed by atoms with Crippen LogP contribution in [0.15, 0.2) is 22.7 Å². The second-order valence-electron chi connectivity index (χ2n) is 2.95. The lowest BCUT2D eigenvalue weighted by Gasteiger charge is -2.09. The molecule has 1 aromatic rings. The second-order valence-corrected chi connectivity index (χ2v) is 8.21. The van der Waals surface area contributed by atoms with Gasteiger partial charge in [0.25, 0.3) is 0 Å². The van der Waals surface area contributed by atoms with E-state index in [1.165, 1.54) is 0 Å². The Kier molecular flexibility index (Phi) is 3.41. The summed E-state index contributed by atoms with van der Waals surface area (Å²) in [6.07, 6.45) is 0. The standard InChI is InChI=1S/C8H9BrIOP/c1-12(2,11)8-5-6(9)3-4-7(8)10/h3-5H,1-2H3. The Morgan fingerprint density at radius 3 is 2.42 bits per heavy atom. The summed E-state index contributed by atoms with van der Waals surface area (Å²) < 4.78 is 13.8. The molecule has 0 aliphatic heterocycles. The van der Waals surface area contributed by atoms with Crippen molar-refractivity contribution in [2.75, 3.05) is 13.3 Å². The fourth-order valence-corrected chi connectivity index (χ4v) is 4.55. The molecule has 0 saturated heterocycles. The van der Waals surface area contributed by atoms with E-state index in [1.807, 2.05) is 18.2 Å². The number of benzene rings is 1. The summed E-state index contributed by atoms with van der Waals surface area (Å²) in [5, 5.41) is 0.956. The molecule has 0 N–H and O–H groups in total. The van der Waals surface area contributed by atoms with Gasteiger partial charge in [0.1, 0.15) is 7.14 Å². The number of hydrogen-bond donors (Lipinski definition) is 0. The summed E-state index contributed by atoms with van der Waals surface area (Å²) in [4.78, 5) is 0. The third-order valence-electron chi connectivity index (χ3n) is 1.49. The fraction of sp³-hybridized carbons (Fsp3) is 0.250. The van der Waals surface area contributed by atoms with Gasteiger partial charge in [0, 0.05) is 13.3 Å². The van der Waals surface area contributed by atoms with Crippen molar-refractivity contribution in [1.29, 1.82) is 0 Å². The van der Waals surface area contributed by atoms with E-state index in [-0.39, 0.29) is 0 Å². The highest BCUT2D eigenvalue weighted by atomic mass is 127. The van der Waals surface area contributed by atoms with Gasteiger partial charge in [-0.1, -0.05) is 15.9 Å². The molecule has 66 valence electrons. The Bertz CT molecular complexity index is 345. The summed E-state index contributed by atoms with van der Waals surface area (Å²) in [7, 11) is -2.12. The number of halogens is 2. The molecule has 0 unspecified atom stereocenters. The molecule has 1 aromatic carbocycles. The van der Waals surface area contributed by atoms with Gasteiger partial charge in [-0.25, -0.2) is 0 Å². The van der Waals surface area contributed by atoms with Gasteiger partial charge >= 0.3 is 0 Å². The summed E-state index contributed by atoms with van der Waals surface area (Å²) >= 11 is 5.57. The molecular weight excluding hydrogens is 350 g/mol. The lowest BCUT2D eigenvalue weighted by Crippen LogP contribution is -2.06. The van der Waals surface area contributed by atoms with Gasteiger partial charge in [-0.3, -0.25) is 0 Å². The summed E-state index contributed by atoms with van der Waals surface area (Å²) in [5.74, 6) is 0. The number of rotatable bonds is 1. The van der Waals surface area contributed by atoms with Gasteiger partial charge < -0.3 is 4.57 Å². The van der Waals surface area contributed by atoms with E-state index in [9.17, 15) is 4.57 Å². The Hall–Kier alpha value is 0.660. The summed E-state index contributed by atoms with van der Waals surface area (Å²) in [5.41, 5.74) is 0. The topological polar surface area (TPSA) is 17.1 Å². The van der Waals surface area contributed by atoms with Gasteiger partial charge in [0.15, 0.2) is 0 Å². The van der Waals surface area contributed by atoms with Crippen LogP contribution in [0.2, 0.25) is 0 Å². The zero-order valence-electron chi connectivity index (χ0n) is 6.84. The first-order valence-electron chi connectivity index (χ1n) is 3.42. The van der Waals surface area contributed by atoms with Gasteiger partial charge in [0.2, 0.25) is 0 Å². The molecule has 0 saturated carbocycles. The van der Waals surface area contributed by atoms with Crippen molar-refractivity contribution in [3.8, 4) is 0 Å². The Morgan fingerprint density at radius 2 is 2.00 bits per heavy atom. The highest BCUT2D eigenvalue weighted by molar-refractivity contribution is 14.1.